The van der Waals surface area contributed by atoms with Crippen molar-refractivity contribution < 1.29 is 0 Å². The molecule has 1 aromatic rings. The molecule has 0 saturated carbocycles. The largest absolute Gasteiger partial charge is 0.330 e. The minimum absolute atomic E-state index is 0. The number of piperidine rings is 1. The van der Waals surface area contributed by atoms with Gasteiger partial charge in [-0.05, 0) is 63.0 Å². The molecule has 0 aromatic heterocycles. The van der Waals surface area contributed by atoms with Gasteiger partial charge in [0, 0.05) is 6.04 Å². The zero-order valence-electron chi connectivity index (χ0n) is 11.1. The van der Waals surface area contributed by atoms with E-state index in [9.17, 15) is 0 Å². The molecular weight excluding hydrogens is 303 g/mol. The highest BCUT2D eigenvalue weighted by Crippen LogP contribution is 2.30. The van der Waals surface area contributed by atoms with Gasteiger partial charge in [-0.15, -0.1) is 12.4 Å². The lowest BCUT2D eigenvalue weighted by Crippen LogP contribution is -2.37. The van der Waals surface area contributed by atoms with E-state index in [0.717, 1.165) is 19.6 Å². The van der Waals surface area contributed by atoms with E-state index < -0.39 is 0 Å². The van der Waals surface area contributed by atoms with Crippen LogP contribution in [-0.4, -0.2) is 24.5 Å². The van der Waals surface area contributed by atoms with E-state index in [-0.39, 0.29) is 12.4 Å². The van der Waals surface area contributed by atoms with Crippen LogP contribution in [0.2, 0.25) is 10.0 Å². The molecule has 1 atom stereocenters. The summed E-state index contributed by atoms with van der Waals surface area (Å²) in [5.41, 5.74) is 6.95. The summed E-state index contributed by atoms with van der Waals surface area (Å²) in [7, 11) is 0. The van der Waals surface area contributed by atoms with Gasteiger partial charge in [0.2, 0.25) is 0 Å². The molecular formula is C14H21Cl3N2. The molecule has 19 heavy (non-hydrogen) atoms. The first-order valence-corrected chi connectivity index (χ1v) is 7.26. The Morgan fingerprint density at radius 2 is 1.89 bits per heavy atom. The lowest BCUT2D eigenvalue weighted by Gasteiger charge is -2.36. The standard InChI is InChI=1S/C14H20Cl2N2.ClH/c1-10(12-2-3-13(15)14(16)8-12)18-6-4-11(9-17)5-7-18;/h2-3,8,10-11H,4-7,9,17H2,1H3;1H. The summed E-state index contributed by atoms with van der Waals surface area (Å²) in [4.78, 5) is 2.49. The number of nitrogens with two attached hydrogens (primary N) is 1. The van der Waals surface area contributed by atoms with Crippen LogP contribution in [-0.2, 0) is 0 Å². The molecule has 1 unspecified atom stereocenters. The van der Waals surface area contributed by atoms with Gasteiger partial charge in [0.05, 0.1) is 10.0 Å². The first kappa shape index (κ1) is 17.1. The predicted octanol–water partition coefficient (Wildman–Crippen LogP) is 4.15. The van der Waals surface area contributed by atoms with E-state index in [4.69, 9.17) is 28.9 Å². The summed E-state index contributed by atoms with van der Waals surface area (Å²) >= 11 is 12.0. The molecule has 1 fully saturated rings. The fourth-order valence-corrected chi connectivity index (χ4v) is 2.87. The SMILES string of the molecule is CC(c1ccc(Cl)c(Cl)c1)N1CCC(CN)CC1.Cl. The Kier molecular flexibility index (Phi) is 6.92. The Morgan fingerprint density at radius 1 is 1.26 bits per heavy atom. The average Bonchev–Trinajstić information content (AvgIpc) is 2.41. The van der Waals surface area contributed by atoms with E-state index in [0.29, 0.717) is 22.0 Å². The van der Waals surface area contributed by atoms with Gasteiger partial charge in [-0.25, -0.2) is 0 Å². The second-order valence-electron chi connectivity index (χ2n) is 5.06. The Morgan fingerprint density at radius 3 is 2.42 bits per heavy atom. The maximum Gasteiger partial charge on any atom is 0.0595 e. The third kappa shape index (κ3) is 4.24. The third-order valence-electron chi connectivity index (χ3n) is 3.96. The fraction of sp³-hybridized carbons (Fsp3) is 0.571. The molecule has 1 aliphatic heterocycles. The lowest BCUT2D eigenvalue weighted by atomic mass is 9.95. The fourth-order valence-electron chi connectivity index (χ4n) is 2.56. The van der Waals surface area contributed by atoms with Crippen LogP contribution in [0.1, 0.15) is 31.4 Å². The van der Waals surface area contributed by atoms with Gasteiger partial charge in [0.25, 0.3) is 0 Å². The van der Waals surface area contributed by atoms with Crippen molar-refractivity contribution in [2.24, 2.45) is 11.7 Å². The van der Waals surface area contributed by atoms with Crippen LogP contribution in [0.5, 0.6) is 0 Å². The monoisotopic (exact) mass is 322 g/mol. The van der Waals surface area contributed by atoms with Crippen LogP contribution in [0.3, 0.4) is 0 Å². The van der Waals surface area contributed by atoms with Crippen molar-refractivity contribution in [1.82, 2.24) is 4.90 Å². The van der Waals surface area contributed by atoms with Gasteiger partial charge in [-0.2, -0.15) is 0 Å². The molecule has 1 aromatic carbocycles. The maximum atomic E-state index is 6.08. The first-order chi connectivity index (χ1) is 8.61. The summed E-state index contributed by atoms with van der Waals surface area (Å²) in [5.74, 6) is 0.697. The van der Waals surface area contributed by atoms with Crippen molar-refractivity contribution in [3.63, 3.8) is 0 Å². The van der Waals surface area contributed by atoms with Gasteiger partial charge in [0.1, 0.15) is 0 Å². The molecule has 0 spiro atoms. The van der Waals surface area contributed by atoms with Crippen molar-refractivity contribution in [2.45, 2.75) is 25.8 Å². The summed E-state index contributed by atoms with van der Waals surface area (Å²) < 4.78 is 0. The van der Waals surface area contributed by atoms with Crippen molar-refractivity contribution in [3.8, 4) is 0 Å². The second kappa shape index (κ2) is 7.70. The summed E-state index contributed by atoms with van der Waals surface area (Å²) in [6.07, 6.45) is 2.39. The number of rotatable bonds is 3. The summed E-state index contributed by atoms with van der Waals surface area (Å²) in [5, 5.41) is 1.26. The normalized spacial score (nSPS) is 18.9. The van der Waals surface area contributed by atoms with E-state index in [1.54, 1.807) is 0 Å². The number of hydrogen-bond donors (Lipinski definition) is 1. The maximum absolute atomic E-state index is 6.08. The Labute approximate surface area is 131 Å². The highest BCUT2D eigenvalue weighted by molar-refractivity contribution is 6.42. The topological polar surface area (TPSA) is 29.3 Å². The summed E-state index contributed by atoms with van der Waals surface area (Å²) in [6, 6.07) is 6.30. The van der Waals surface area contributed by atoms with Crippen LogP contribution in [0.25, 0.3) is 0 Å². The first-order valence-electron chi connectivity index (χ1n) is 6.51. The van der Waals surface area contributed by atoms with Crippen LogP contribution < -0.4 is 5.73 Å². The van der Waals surface area contributed by atoms with Gasteiger partial charge in [-0.1, -0.05) is 29.3 Å². The minimum atomic E-state index is 0. The average molecular weight is 324 g/mol. The van der Waals surface area contributed by atoms with Crippen molar-refractivity contribution in [1.29, 1.82) is 0 Å². The van der Waals surface area contributed by atoms with E-state index >= 15 is 0 Å². The van der Waals surface area contributed by atoms with Gasteiger partial charge in [0.15, 0.2) is 0 Å². The molecule has 2 rings (SSSR count). The predicted molar refractivity (Wildman–Crippen MR) is 85.5 cm³/mol. The smallest absolute Gasteiger partial charge is 0.0595 e. The van der Waals surface area contributed by atoms with Crippen molar-refractivity contribution in [2.75, 3.05) is 19.6 Å². The number of benzene rings is 1. The number of halogens is 3. The van der Waals surface area contributed by atoms with Crippen molar-refractivity contribution >= 4 is 35.6 Å². The van der Waals surface area contributed by atoms with E-state index in [1.807, 2.05) is 12.1 Å². The molecule has 2 N–H and O–H groups in total. The molecule has 0 bridgehead atoms. The number of likely N-dealkylation sites (tertiary alicyclic amines) is 1. The highest BCUT2D eigenvalue weighted by atomic mass is 35.5. The molecule has 2 nitrogen and oxygen atoms in total. The zero-order chi connectivity index (χ0) is 13.1. The molecule has 0 amide bonds. The van der Waals surface area contributed by atoms with Crippen LogP contribution in [0.15, 0.2) is 18.2 Å². The van der Waals surface area contributed by atoms with Gasteiger partial charge in [-0.3, -0.25) is 4.90 Å². The minimum Gasteiger partial charge on any atom is -0.330 e. The van der Waals surface area contributed by atoms with Gasteiger partial charge < -0.3 is 5.73 Å². The zero-order valence-corrected chi connectivity index (χ0v) is 13.4. The number of hydrogen-bond acceptors (Lipinski definition) is 2. The van der Waals surface area contributed by atoms with Crippen LogP contribution >= 0.6 is 35.6 Å². The quantitative estimate of drug-likeness (QED) is 0.905. The molecule has 1 aliphatic rings. The highest BCUT2D eigenvalue weighted by Gasteiger charge is 2.22. The third-order valence-corrected chi connectivity index (χ3v) is 4.70. The Hall–Kier alpha value is 0.01000. The van der Waals surface area contributed by atoms with E-state index in [1.165, 1.54) is 18.4 Å². The van der Waals surface area contributed by atoms with Crippen LogP contribution in [0.4, 0.5) is 0 Å². The van der Waals surface area contributed by atoms with E-state index in [2.05, 4.69) is 17.9 Å². The molecule has 0 aliphatic carbocycles. The van der Waals surface area contributed by atoms with Crippen molar-refractivity contribution in [3.05, 3.63) is 33.8 Å². The molecule has 5 heteroatoms. The lowest BCUT2D eigenvalue weighted by molar-refractivity contribution is 0.143. The second-order valence-corrected chi connectivity index (χ2v) is 5.88. The molecule has 108 valence electrons. The molecule has 1 saturated heterocycles. The Bertz CT molecular complexity index is 404. The Balaban J connectivity index is 0.00000180. The molecule has 1 heterocycles. The van der Waals surface area contributed by atoms with Crippen LogP contribution in [0, 0.1) is 5.92 Å². The number of nitrogens with zero attached hydrogens (tertiary/aromatic N) is 1. The molecule has 0 radical (unpaired) electrons. The van der Waals surface area contributed by atoms with Gasteiger partial charge >= 0.3 is 0 Å². The summed E-state index contributed by atoms with van der Waals surface area (Å²) in [6.45, 7) is 5.27.